The first-order valence-electron chi connectivity index (χ1n) is 7.86. The van der Waals surface area contributed by atoms with Gasteiger partial charge in [0.1, 0.15) is 22.8 Å². The molecule has 25 heavy (non-hydrogen) atoms. The first-order chi connectivity index (χ1) is 11.9. The van der Waals surface area contributed by atoms with Crippen LogP contribution in [-0.2, 0) is 7.05 Å². The average Bonchev–Trinajstić information content (AvgIpc) is 2.58. The lowest BCUT2D eigenvalue weighted by Crippen LogP contribution is -2.36. The number of pyridine rings is 1. The van der Waals surface area contributed by atoms with E-state index in [0.29, 0.717) is 27.7 Å². The van der Waals surface area contributed by atoms with Crippen LogP contribution >= 0.6 is 0 Å². The number of benzene rings is 2. The number of phenolic OH excluding ortho intramolecular Hbond substituents is 2. The molecule has 1 aliphatic rings. The van der Waals surface area contributed by atoms with Crippen LogP contribution < -0.4 is 10.2 Å². The molecule has 0 unspecified atom stereocenters. The normalized spacial score (nSPS) is 19.2. The summed E-state index contributed by atoms with van der Waals surface area (Å²) in [7, 11) is 1.72. The number of aromatic hydroxyl groups is 2. The number of nitrogens with zero attached hydrogens (tertiary/aromatic N) is 1. The molecule has 3 aromatic rings. The van der Waals surface area contributed by atoms with Gasteiger partial charge in [0.25, 0.3) is 0 Å². The van der Waals surface area contributed by atoms with Crippen LogP contribution in [0.2, 0.25) is 0 Å². The van der Waals surface area contributed by atoms with E-state index in [1.54, 1.807) is 42.8 Å². The van der Waals surface area contributed by atoms with Crippen molar-refractivity contribution in [1.82, 2.24) is 4.57 Å². The van der Waals surface area contributed by atoms with Gasteiger partial charge in [0.05, 0.1) is 28.4 Å². The smallest absolute Gasteiger partial charge is 0.201 e. The van der Waals surface area contributed by atoms with Gasteiger partial charge in [0, 0.05) is 18.7 Å². The molecule has 3 N–H and O–H groups in total. The Hall–Kier alpha value is -2.99. The predicted molar refractivity (Wildman–Crippen MR) is 95.2 cm³/mol. The Bertz CT molecular complexity index is 1130. The molecule has 0 radical (unpaired) electrons. The Morgan fingerprint density at radius 3 is 2.68 bits per heavy atom. The summed E-state index contributed by atoms with van der Waals surface area (Å²) in [4.78, 5) is 12.9. The van der Waals surface area contributed by atoms with Gasteiger partial charge < -0.3 is 24.6 Å². The number of aliphatic hydroxyl groups is 1. The maximum absolute atomic E-state index is 12.9. The molecule has 0 fully saturated rings. The summed E-state index contributed by atoms with van der Waals surface area (Å²) in [6, 6.07) is 6.12. The van der Waals surface area contributed by atoms with Crippen molar-refractivity contribution < 1.29 is 20.1 Å². The van der Waals surface area contributed by atoms with Gasteiger partial charge in [-0.2, -0.15) is 0 Å². The number of ether oxygens (including phenoxy) is 1. The number of hydrogen-bond acceptors (Lipinski definition) is 5. The number of fused-ring (bicyclic) bond motifs is 4. The lowest BCUT2D eigenvalue weighted by molar-refractivity contribution is 0.0640. The van der Waals surface area contributed by atoms with Gasteiger partial charge in [-0.05, 0) is 31.2 Å². The predicted octanol–water partition coefficient (Wildman–Crippen LogP) is 2.26. The summed E-state index contributed by atoms with van der Waals surface area (Å²) in [6.07, 6.45) is 3.48. The van der Waals surface area contributed by atoms with Crippen molar-refractivity contribution in [2.45, 2.75) is 12.5 Å². The van der Waals surface area contributed by atoms with Crippen molar-refractivity contribution in [3.05, 3.63) is 46.1 Å². The Kier molecular flexibility index (Phi) is 3.11. The molecule has 4 rings (SSSR count). The molecule has 6 heteroatoms. The third-order valence-corrected chi connectivity index (χ3v) is 4.70. The molecular formula is C19H17NO5. The van der Waals surface area contributed by atoms with Crippen LogP contribution in [0.5, 0.6) is 17.2 Å². The summed E-state index contributed by atoms with van der Waals surface area (Å²) in [5, 5.41) is 30.7. The third kappa shape index (κ3) is 2.04. The van der Waals surface area contributed by atoms with E-state index in [9.17, 15) is 20.1 Å². The van der Waals surface area contributed by atoms with Gasteiger partial charge in [0.15, 0.2) is 0 Å². The van der Waals surface area contributed by atoms with Crippen LogP contribution in [0, 0.1) is 0 Å². The summed E-state index contributed by atoms with van der Waals surface area (Å²) in [5.74, 6) is 0.154. The van der Waals surface area contributed by atoms with E-state index in [4.69, 9.17) is 4.74 Å². The molecule has 0 saturated heterocycles. The number of aliphatic hydroxyl groups excluding tert-OH is 1. The van der Waals surface area contributed by atoms with Crippen molar-refractivity contribution >= 4 is 27.9 Å². The molecular weight excluding hydrogens is 322 g/mol. The van der Waals surface area contributed by atoms with Gasteiger partial charge in [-0.1, -0.05) is 6.07 Å². The largest absolute Gasteiger partial charge is 0.507 e. The molecule has 1 atom stereocenters. The van der Waals surface area contributed by atoms with Crippen LogP contribution in [0.15, 0.2) is 35.1 Å². The van der Waals surface area contributed by atoms with E-state index in [-0.39, 0.29) is 28.9 Å². The molecule has 0 bridgehead atoms. The summed E-state index contributed by atoms with van der Waals surface area (Å²) in [6.45, 7) is 1.50. The first-order valence-corrected chi connectivity index (χ1v) is 7.86. The Labute approximate surface area is 142 Å². The molecule has 2 heterocycles. The number of para-hydroxylation sites is 1. The molecule has 6 nitrogen and oxygen atoms in total. The lowest BCUT2D eigenvalue weighted by atomic mass is 9.97. The maximum atomic E-state index is 12.9. The van der Waals surface area contributed by atoms with Gasteiger partial charge in [-0.25, -0.2) is 0 Å². The van der Waals surface area contributed by atoms with Crippen molar-refractivity contribution in [2.24, 2.45) is 7.05 Å². The molecule has 0 saturated carbocycles. The number of rotatable bonds is 1. The molecule has 128 valence electrons. The summed E-state index contributed by atoms with van der Waals surface area (Å²) in [5.41, 5.74) is 0.207. The molecule has 0 spiro atoms. The number of phenols is 2. The third-order valence-electron chi connectivity index (χ3n) is 4.70. The number of hydrogen-bond donors (Lipinski definition) is 3. The van der Waals surface area contributed by atoms with E-state index < -0.39 is 5.60 Å². The molecule has 1 aliphatic heterocycles. The Morgan fingerprint density at radius 1 is 1.20 bits per heavy atom. The zero-order chi connectivity index (χ0) is 17.9. The fourth-order valence-corrected chi connectivity index (χ4v) is 3.41. The maximum Gasteiger partial charge on any atom is 0.201 e. The van der Waals surface area contributed by atoms with Gasteiger partial charge >= 0.3 is 0 Å². The van der Waals surface area contributed by atoms with Gasteiger partial charge in [0.2, 0.25) is 5.43 Å². The quantitative estimate of drug-likeness (QED) is 0.592. The molecule has 0 aliphatic carbocycles. The second kappa shape index (κ2) is 5.00. The molecule has 2 aromatic carbocycles. The van der Waals surface area contributed by atoms with Crippen LogP contribution in [0.1, 0.15) is 12.5 Å². The van der Waals surface area contributed by atoms with Crippen molar-refractivity contribution in [2.75, 3.05) is 6.61 Å². The minimum absolute atomic E-state index is 0.0167. The van der Waals surface area contributed by atoms with E-state index in [1.165, 1.54) is 12.1 Å². The standard InChI is InChI=1S/C19H17NO5/c1-19(9-21)7-6-10-14(25-19)8-13(23)15-17(10)20(2)16-11(18(15)24)4-3-5-12(16)22/h3-8,21-23H,9H2,1-2H3/t19-/m0/s1. The van der Waals surface area contributed by atoms with Gasteiger partial charge in [-0.3, -0.25) is 4.79 Å². The van der Waals surface area contributed by atoms with E-state index >= 15 is 0 Å². The zero-order valence-electron chi connectivity index (χ0n) is 13.8. The number of aryl methyl sites for hydroxylation is 1. The highest BCUT2D eigenvalue weighted by Gasteiger charge is 2.29. The topological polar surface area (TPSA) is 91.9 Å². The first kappa shape index (κ1) is 15.5. The van der Waals surface area contributed by atoms with E-state index in [0.717, 1.165) is 0 Å². The van der Waals surface area contributed by atoms with Crippen LogP contribution in [-0.4, -0.2) is 32.1 Å². The summed E-state index contributed by atoms with van der Waals surface area (Å²) >= 11 is 0. The highest BCUT2D eigenvalue weighted by Crippen LogP contribution is 2.40. The second-order valence-electron chi connectivity index (χ2n) is 6.50. The van der Waals surface area contributed by atoms with Crippen molar-refractivity contribution in [3.8, 4) is 17.2 Å². The zero-order valence-corrected chi connectivity index (χ0v) is 13.8. The Morgan fingerprint density at radius 2 is 1.96 bits per heavy atom. The van der Waals surface area contributed by atoms with Crippen molar-refractivity contribution in [3.63, 3.8) is 0 Å². The number of aromatic nitrogens is 1. The highest BCUT2D eigenvalue weighted by atomic mass is 16.5. The fourth-order valence-electron chi connectivity index (χ4n) is 3.41. The SMILES string of the molecule is Cn1c2c(O)cccc2c(=O)c2c(O)cc3c(c21)C=C[C@@](C)(CO)O3. The van der Waals surface area contributed by atoms with Crippen LogP contribution in [0.25, 0.3) is 27.9 Å². The fraction of sp³-hybridized carbons (Fsp3) is 0.211. The van der Waals surface area contributed by atoms with Gasteiger partial charge in [-0.15, -0.1) is 0 Å². The minimum Gasteiger partial charge on any atom is -0.507 e. The molecule has 0 amide bonds. The van der Waals surface area contributed by atoms with E-state index in [2.05, 4.69) is 0 Å². The lowest BCUT2D eigenvalue weighted by Gasteiger charge is -2.30. The van der Waals surface area contributed by atoms with Crippen LogP contribution in [0.3, 0.4) is 0 Å². The monoisotopic (exact) mass is 339 g/mol. The van der Waals surface area contributed by atoms with E-state index in [1.807, 2.05) is 0 Å². The average molecular weight is 339 g/mol. The highest BCUT2D eigenvalue weighted by molar-refractivity contribution is 6.03. The van der Waals surface area contributed by atoms with Crippen molar-refractivity contribution in [1.29, 1.82) is 0 Å². The summed E-state index contributed by atoms with van der Waals surface area (Å²) < 4.78 is 7.50. The minimum atomic E-state index is -0.898. The Balaban J connectivity index is 2.22. The molecule has 1 aromatic heterocycles. The second-order valence-corrected chi connectivity index (χ2v) is 6.50. The van der Waals surface area contributed by atoms with Crippen LogP contribution in [0.4, 0.5) is 0 Å².